The highest BCUT2D eigenvalue weighted by Crippen LogP contribution is 2.28. The molecule has 0 atom stereocenters. The lowest BCUT2D eigenvalue weighted by Gasteiger charge is -2.23. The van der Waals surface area contributed by atoms with Crippen LogP contribution < -0.4 is 10.2 Å². The van der Waals surface area contributed by atoms with Gasteiger partial charge >= 0.3 is 0 Å². The van der Waals surface area contributed by atoms with Crippen molar-refractivity contribution < 1.29 is 4.79 Å². The molecule has 0 aliphatic carbocycles. The fraction of sp³-hybridized carbons (Fsp3) is 0.188. The summed E-state index contributed by atoms with van der Waals surface area (Å²) in [4.78, 5) is 14.8. The lowest BCUT2D eigenvalue weighted by molar-refractivity contribution is 0.0987. The molecule has 2 aromatic carbocycles. The molecular weight excluding hydrogens is 396 g/mol. The highest BCUT2D eigenvalue weighted by atomic mass is 79.9. The summed E-state index contributed by atoms with van der Waals surface area (Å²) < 4.78 is 1.71. The van der Waals surface area contributed by atoms with Crippen molar-refractivity contribution in [1.82, 2.24) is 5.32 Å². The van der Waals surface area contributed by atoms with Gasteiger partial charge in [-0.3, -0.25) is 4.79 Å². The van der Waals surface area contributed by atoms with Crippen molar-refractivity contribution in [3.8, 4) is 0 Å². The Kier molecular flexibility index (Phi) is 4.42. The summed E-state index contributed by atoms with van der Waals surface area (Å²) in [7, 11) is 0. The molecule has 0 aromatic heterocycles. The number of amides is 1. The molecule has 3 nitrogen and oxygen atoms in total. The van der Waals surface area contributed by atoms with Gasteiger partial charge in [0.25, 0.3) is 5.91 Å². The van der Waals surface area contributed by atoms with Gasteiger partial charge in [0.15, 0.2) is 0 Å². The van der Waals surface area contributed by atoms with E-state index in [0.717, 1.165) is 33.3 Å². The summed E-state index contributed by atoms with van der Waals surface area (Å²) in [6, 6.07) is 13.7. The monoisotopic (exact) mass is 408 g/mol. The number of hydrogen-bond acceptors (Lipinski definition) is 2. The first-order valence-electron chi connectivity index (χ1n) is 6.72. The van der Waals surface area contributed by atoms with E-state index < -0.39 is 0 Å². The third-order valence-electron chi connectivity index (χ3n) is 3.51. The molecule has 1 amide bonds. The molecule has 2 aromatic rings. The summed E-state index contributed by atoms with van der Waals surface area (Å²) in [6.07, 6.45) is 0. The Morgan fingerprint density at radius 1 is 1.14 bits per heavy atom. The number of benzene rings is 2. The van der Waals surface area contributed by atoms with E-state index in [4.69, 9.17) is 0 Å². The largest absolute Gasteiger partial charge is 0.311 e. The molecule has 1 heterocycles. The van der Waals surface area contributed by atoms with Crippen molar-refractivity contribution in [2.75, 3.05) is 18.0 Å². The number of para-hydroxylation sites is 1. The fourth-order valence-corrected chi connectivity index (χ4v) is 3.25. The van der Waals surface area contributed by atoms with E-state index in [2.05, 4.69) is 43.2 Å². The van der Waals surface area contributed by atoms with E-state index in [1.54, 1.807) is 0 Å². The van der Waals surface area contributed by atoms with Gasteiger partial charge in [-0.25, -0.2) is 0 Å². The first kappa shape index (κ1) is 14.8. The number of rotatable bonds is 1. The minimum atomic E-state index is 0.0133. The summed E-state index contributed by atoms with van der Waals surface area (Å²) in [5, 5.41) is 3.35. The van der Waals surface area contributed by atoms with Gasteiger partial charge in [0, 0.05) is 34.3 Å². The summed E-state index contributed by atoms with van der Waals surface area (Å²) in [6.45, 7) is 2.24. The van der Waals surface area contributed by atoms with Crippen molar-refractivity contribution in [3.05, 3.63) is 62.5 Å². The second kappa shape index (κ2) is 6.30. The number of nitrogens with zero attached hydrogens (tertiary/aromatic N) is 1. The number of nitrogens with one attached hydrogen (secondary N) is 1. The van der Waals surface area contributed by atoms with E-state index >= 15 is 0 Å². The summed E-state index contributed by atoms with van der Waals surface area (Å²) in [5.74, 6) is 0.0133. The Morgan fingerprint density at radius 2 is 1.95 bits per heavy atom. The minimum Gasteiger partial charge on any atom is -0.311 e. The highest BCUT2D eigenvalue weighted by molar-refractivity contribution is 9.11. The lowest BCUT2D eigenvalue weighted by Crippen LogP contribution is -2.34. The zero-order valence-electron chi connectivity index (χ0n) is 11.3. The molecule has 108 valence electrons. The highest BCUT2D eigenvalue weighted by Gasteiger charge is 2.23. The molecule has 21 heavy (non-hydrogen) atoms. The lowest BCUT2D eigenvalue weighted by atomic mass is 10.1. The number of hydrogen-bond donors (Lipinski definition) is 1. The Labute approximate surface area is 140 Å². The van der Waals surface area contributed by atoms with Crippen LogP contribution in [0.25, 0.3) is 0 Å². The summed E-state index contributed by atoms with van der Waals surface area (Å²) in [5.41, 5.74) is 2.80. The molecule has 0 fully saturated rings. The molecule has 3 rings (SSSR count). The van der Waals surface area contributed by atoms with Crippen molar-refractivity contribution in [2.24, 2.45) is 0 Å². The quantitative estimate of drug-likeness (QED) is 0.772. The average Bonchev–Trinajstić information content (AvgIpc) is 2.71. The minimum absolute atomic E-state index is 0.0133. The van der Waals surface area contributed by atoms with E-state index in [0.29, 0.717) is 12.1 Å². The first-order chi connectivity index (χ1) is 10.2. The van der Waals surface area contributed by atoms with Gasteiger partial charge in [0.2, 0.25) is 0 Å². The Morgan fingerprint density at radius 3 is 2.81 bits per heavy atom. The van der Waals surface area contributed by atoms with Crippen LogP contribution in [0.1, 0.15) is 15.9 Å². The number of fused-ring (bicyclic) bond motifs is 1. The van der Waals surface area contributed by atoms with Crippen LogP contribution in [0, 0.1) is 0 Å². The molecule has 5 heteroatoms. The first-order valence-corrected chi connectivity index (χ1v) is 8.31. The van der Waals surface area contributed by atoms with Gasteiger partial charge in [-0.2, -0.15) is 0 Å². The van der Waals surface area contributed by atoms with Crippen LogP contribution in [0.15, 0.2) is 51.4 Å². The van der Waals surface area contributed by atoms with Crippen LogP contribution in [0.5, 0.6) is 0 Å². The molecule has 1 N–H and O–H groups in total. The van der Waals surface area contributed by atoms with E-state index in [1.165, 1.54) is 0 Å². The van der Waals surface area contributed by atoms with Crippen molar-refractivity contribution >= 4 is 43.5 Å². The second-order valence-electron chi connectivity index (χ2n) is 4.89. The van der Waals surface area contributed by atoms with Crippen LogP contribution in [0.4, 0.5) is 5.69 Å². The fourth-order valence-electron chi connectivity index (χ4n) is 2.48. The molecule has 1 aliphatic heterocycles. The Balaban J connectivity index is 2.03. The zero-order chi connectivity index (χ0) is 14.8. The van der Waals surface area contributed by atoms with Gasteiger partial charge < -0.3 is 10.2 Å². The topological polar surface area (TPSA) is 32.3 Å². The van der Waals surface area contributed by atoms with Crippen molar-refractivity contribution in [3.63, 3.8) is 0 Å². The van der Waals surface area contributed by atoms with Crippen molar-refractivity contribution in [2.45, 2.75) is 6.54 Å². The van der Waals surface area contributed by atoms with E-state index in [-0.39, 0.29) is 5.91 Å². The smallest absolute Gasteiger partial charge is 0.259 e. The maximum Gasteiger partial charge on any atom is 0.259 e. The zero-order valence-corrected chi connectivity index (χ0v) is 14.4. The van der Waals surface area contributed by atoms with Gasteiger partial charge in [-0.05, 0) is 45.8 Å². The third kappa shape index (κ3) is 3.05. The Hall–Kier alpha value is -1.17. The molecule has 0 unspecified atom stereocenters. The SMILES string of the molecule is O=C(c1cc(Br)ccc1Br)N1CCNCc2ccccc21. The predicted octanol–water partition coefficient (Wildman–Crippen LogP) is 3.96. The molecule has 0 spiro atoms. The number of carbonyl (C=O) groups is 1. The molecule has 1 aliphatic rings. The molecule has 0 saturated carbocycles. The van der Waals surface area contributed by atoms with E-state index in [1.807, 2.05) is 41.3 Å². The maximum atomic E-state index is 12.9. The molecule has 0 saturated heterocycles. The third-order valence-corrected chi connectivity index (χ3v) is 4.70. The van der Waals surface area contributed by atoms with Gasteiger partial charge in [0.05, 0.1) is 5.56 Å². The second-order valence-corrected chi connectivity index (χ2v) is 6.66. The summed E-state index contributed by atoms with van der Waals surface area (Å²) >= 11 is 6.91. The van der Waals surface area contributed by atoms with Gasteiger partial charge in [0.1, 0.15) is 0 Å². The number of halogens is 2. The molecule has 0 bridgehead atoms. The van der Waals surface area contributed by atoms with Crippen LogP contribution >= 0.6 is 31.9 Å². The maximum absolute atomic E-state index is 12.9. The van der Waals surface area contributed by atoms with Crippen LogP contribution in [0.3, 0.4) is 0 Å². The van der Waals surface area contributed by atoms with Gasteiger partial charge in [-0.15, -0.1) is 0 Å². The van der Waals surface area contributed by atoms with Crippen LogP contribution in [0.2, 0.25) is 0 Å². The Bertz CT molecular complexity index is 688. The average molecular weight is 410 g/mol. The normalized spacial score (nSPS) is 14.5. The molecular formula is C16H14Br2N2O. The molecule has 0 radical (unpaired) electrons. The van der Waals surface area contributed by atoms with Crippen LogP contribution in [-0.2, 0) is 6.54 Å². The van der Waals surface area contributed by atoms with Crippen LogP contribution in [-0.4, -0.2) is 19.0 Å². The number of carbonyl (C=O) groups excluding carboxylic acids is 1. The van der Waals surface area contributed by atoms with Crippen molar-refractivity contribution in [1.29, 1.82) is 0 Å². The van der Waals surface area contributed by atoms with E-state index in [9.17, 15) is 4.79 Å². The predicted molar refractivity (Wildman–Crippen MR) is 91.7 cm³/mol. The number of anilines is 1. The standard InChI is InChI=1S/C16H14Br2N2O/c17-12-5-6-14(18)13(9-12)16(21)20-8-7-19-10-11-3-1-2-4-15(11)20/h1-6,9,19H,7-8,10H2. The van der Waals surface area contributed by atoms with Gasteiger partial charge in [-0.1, -0.05) is 34.1 Å².